The fourth-order valence-corrected chi connectivity index (χ4v) is 3.08. The van der Waals surface area contributed by atoms with Crippen molar-refractivity contribution in [1.29, 1.82) is 0 Å². The van der Waals surface area contributed by atoms with Gasteiger partial charge in [0, 0.05) is 0 Å². The summed E-state index contributed by atoms with van der Waals surface area (Å²) in [6.07, 6.45) is 10.0. The molecule has 1 aromatic rings. The summed E-state index contributed by atoms with van der Waals surface area (Å²) in [4.78, 5) is 0. The SMILES string of the molecule is COc1cc(C2=CCC3=C2CCC=C3)cc(OC)c1OC. The molecule has 3 heteroatoms. The van der Waals surface area contributed by atoms with Crippen molar-refractivity contribution in [3.05, 3.63) is 47.1 Å². The molecule has 3 rings (SSSR count). The van der Waals surface area contributed by atoms with Crippen LogP contribution in [-0.2, 0) is 0 Å². The molecule has 0 N–H and O–H groups in total. The number of benzene rings is 1. The van der Waals surface area contributed by atoms with Gasteiger partial charge in [0.15, 0.2) is 11.5 Å². The van der Waals surface area contributed by atoms with Gasteiger partial charge in [0.2, 0.25) is 5.75 Å². The second-order valence-electron chi connectivity index (χ2n) is 5.18. The van der Waals surface area contributed by atoms with Gasteiger partial charge < -0.3 is 14.2 Å². The summed E-state index contributed by atoms with van der Waals surface area (Å²) in [7, 11) is 4.93. The van der Waals surface area contributed by atoms with Gasteiger partial charge in [0.05, 0.1) is 21.3 Å². The maximum absolute atomic E-state index is 5.45. The van der Waals surface area contributed by atoms with E-state index in [2.05, 4.69) is 18.2 Å². The van der Waals surface area contributed by atoms with Gasteiger partial charge in [-0.1, -0.05) is 18.2 Å². The molecule has 1 aromatic carbocycles. The monoisotopic (exact) mass is 284 g/mol. The number of hydrogen-bond donors (Lipinski definition) is 0. The Kier molecular flexibility index (Phi) is 3.74. The highest BCUT2D eigenvalue weighted by Crippen LogP contribution is 2.45. The second kappa shape index (κ2) is 5.68. The molecule has 0 unspecified atom stereocenters. The summed E-state index contributed by atoms with van der Waals surface area (Å²) >= 11 is 0. The largest absolute Gasteiger partial charge is 0.493 e. The third-order valence-corrected chi connectivity index (χ3v) is 4.09. The molecule has 0 radical (unpaired) electrons. The van der Waals surface area contributed by atoms with Crippen molar-refractivity contribution < 1.29 is 14.2 Å². The molecular weight excluding hydrogens is 264 g/mol. The lowest BCUT2D eigenvalue weighted by Crippen LogP contribution is -1.98. The Labute approximate surface area is 125 Å². The molecule has 2 aliphatic rings. The van der Waals surface area contributed by atoms with Crippen molar-refractivity contribution in [3.8, 4) is 17.2 Å². The lowest BCUT2D eigenvalue weighted by molar-refractivity contribution is 0.324. The minimum absolute atomic E-state index is 0.639. The van der Waals surface area contributed by atoms with Crippen LogP contribution in [0, 0.1) is 0 Å². The predicted octanol–water partition coefficient (Wildman–Crippen LogP) is 4.15. The molecule has 0 saturated heterocycles. The van der Waals surface area contributed by atoms with Gasteiger partial charge in [-0.25, -0.2) is 0 Å². The molecule has 0 aromatic heterocycles. The van der Waals surface area contributed by atoms with Crippen LogP contribution in [0.25, 0.3) is 5.57 Å². The molecular formula is C18H20O3. The molecule has 3 nitrogen and oxygen atoms in total. The average molecular weight is 284 g/mol. The molecule has 110 valence electrons. The Morgan fingerprint density at radius 1 is 0.952 bits per heavy atom. The third kappa shape index (κ3) is 2.33. The normalized spacial score (nSPS) is 16.6. The predicted molar refractivity (Wildman–Crippen MR) is 84.1 cm³/mol. The number of ether oxygens (including phenoxy) is 3. The van der Waals surface area contributed by atoms with E-state index in [0.717, 1.165) is 24.8 Å². The van der Waals surface area contributed by atoms with Gasteiger partial charge >= 0.3 is 0 Å². The first kappa shape index (κ1) is 13.8. The lowest BCUT2D eigenvalue weighted by Gasteiger charge is -2.17. The molecule has 0 amide bonds. The van der Waals surface area contributed by atoms with Crippen LogP contribution in [0.2, 0.25) is 0 Å². The Morgan fingerprint density at radius 2 is 1.67 bits per heavy atom. The minimum atomic E-state index is 0.639. The molecule has 0 spiro atoms. The van der Waals surface area contributed by atoms with Crippen LogP contribution >= 0.6 is 0 Å². The first-order valence-electron chi connectivity index (χ1n) is 7.18. The number of methoxy groups -OCH3 is 3. The first-order valence-corrected chi connectivity index (χ1v) is 7.18. The molecule has 0 bridgehead atoms. The highest BCUT2D eigenvalue weighted by molar-refractivity contribution is 5.85. The van der Waals surface area contributed by atoms with Gasteiger partial charge in [0.25, 0.3) is 0 Å². The quantitative estimate of drug-likeness (QED) is 0.831. The Hall–Kier alpha value is -2.16. The molecule has 2 aliphatic carbocycles. The van der Waals surface area contributed by atoms with Crippen molar-refractivity contribution >= 4 is 5.57 Å². The van der Waals surface area contributed by atoms with Crippen LogP contribution in [0.4, 0.5) is 0 Å². The van der Waals surface area contributed by atoms with Gasteiger partial charge in [-0.2, -0.15) is 0 Å². The van der Waals surface area contributed by atoms with E-state index < -0.39 is 0 Å². The van der Waals surface area contributed by atoms with E-state index in [0.29, 0.717) is 17.2 Å². The summed E-state index contributed by atoms with van der Waals surface area (Å²) in [6, 6.07) is 4.06. The van der Waals surface area contributed by atoms with E-state index in [1.54, 1.807) is 21.3 Å². The fourth-order valence-electron chi connectivity index (χ4n) is 3.08. The van der Waals surface area contributed by atoms with E-state index in [1.807, 2.05) is 12.1 Å². The van der Waals surface area contributed by atoms with Crippen LogP contribution in [-0.4, -0.2) is 21.3 Å². The fraction of sp³-hybridized carbons (Fsp3) is 0.333. The summed E-state index contributed by atoms with van der Waals surface area (Å²) in [6.45, 7) is 0. The number of allylic oxidation sites excluding steroid dienone is 6. The zero-order valence-electron chi connectivity index (χ0n) is 12.7. The van der Waals surface area contributed by atoms with Crippen LogP contribution in [0.3, 0.4) is 0 Å². The van der Waals surface area contributed by atoms with Crippen LogP contribution in [0.15, 0.2) is 41.5 Å². The van der Waals surface area contributed by atoms with Crippen molar-refractivity contribution in [3.63, 3.8) is 0 Å². The Balaban J connectivity index is 2.07. The molecule has 21 heavy (non-hydrogen) atoms. The maximum Gasteiger partial charge on any atom is 0.203 e. The molecule has 0 fully saturated rings. The number of rotatable bonds is 4. The summed E-state index contributed by atoms with van der Waals surface area (Å²) in [5.41, 5.74) is 5.31. The zero-order chi connectivity index (χ0) is 14.8. The molecule has 0 heterocycles. The minimum Gasteiger partial charge on any atom is -0.493 e. The standard InChI is InChI=1S/C18H20O3/c1-19-16-10-13(11-17(20-2)18(16)21-3)15-9-8-12-6-4-5-7-14(12)15/h4,6,9-11H,5,7-8H2,1-3H3. The van der Waals surface area contributed by atoms with Crippen molar-refractivity contribution in [2.45, 2.75) is 19.3 Å². The summed E-state index contributed by atoms with van der Waals surface area (Å²) in [5.74, 6) is 2.04. The summed E-state index contributed by atoms with van der Waals surface area (Å²) < 4.78 is 16.3. The van der Waals surface area contributed by atoms with Crippen LogP contribution < -0.4 is 14.2 Å². The van der Waals surface area contributed by atoms with Gasteiger partial charge in [0.1, 0.15) is 0 Å². The highest BCUT2D eigenvalue weighted by atomic mass is 16.5. The average Bonchev–Trinajstić information content (AvgIpc) is 2.97. The first-order chi connectivity index (χ1) is 10.3. The van der Waals surface area contributed by atoms with Crippen molar-refractivity contribution in [2.75, 3.05) is 21.3 Å². The van der Waals surface area contributed by atoms with Gasteiger partial charge in [-0.3, -0.25) is 0 Å². The second-order valence-corrected chi connectivity index (χ2v) is 5.18. The number of hydrogen-bond acceptors (Lipinski definition) is 3. The van der Waals surface area contributed by atoms with Crippen LogP contribution in [0.5, 0.6) is 17.2 Å². The van der Waals surface area contributed by atoms with Crippen molar-refractivity contribution in [2.24, 2.45) is 0 Å². The van der Waals surface area contributed by atoms with E-state index in [4.69, 9.17) is 14.2 Å². The lowest BCUT2D eigenvalue weighted by atomic mass is 9.92. The van der Waals surface area contributed by atoms with Crippen LogP contribution in [0.1, 0.15) is 24.8 Å². The molecule has 0 aliphatic heterocycles. The van der Waals surface area contributed by atoms with E-state index in [-0.39, 0.29) is 0 Å². The van der Waals surface area contributed by atoms with Crippen molar-refractivity contribution in [1.82, 2.24) is 0 Å². The molecule has 0 saturated carbocycles. The Morgan fingerprint density at radius 3 is 2.29 bits per heavy atom. The van der Waals surface area contributed by atoms with E-state index in [9.17, 15) is 0 Å². The maximum atomic E-state index is 5.45. The Bertz CT molecular complexity index is 625. The zero-order valence-corrected chi connectivity index (χ0v) is 12.7. The highest BCUT2D eigenvalue weighted by Gasteiger charge is 2.22. The smallest absolute Gasteiger partial charge is 0.203 e. The van der Waals surface area contributed by atoms with Gasteiger partial charge in [-0.15, -0.1) is 0 Å². The topological polar surface area (TPSA) is 27.7 Å². The van der Waals surface area contributed by atoms with E-state index in [1.165, 1.54) is 16.7 Å². The summed E-state index contributed by atoms with van der Waals surface area (Å²) in [5, 5.41) is 0. The molecule has 0 atom stereocenters. The van der Waals surface area contributed by atoms with E-state index >= 15 is 0 Å². The van der Waals surface area contributed by atoms with Gasteiger partial charge in [-0.05, 0) is 53.7 Å². The third-order valence-electron chi connectivity index (χ3n) is 4.09.